The number of piperazine rings is 1. The van der Waals surface area contributed by atoms with E-state index in [1.807, 2.05) is 30.3 Å². The van der Waals surface area contributed by atoms with Crippen molar-refractivity contribution in [1.82, 2.24) is 4.31 Å². The van der Waals surface area contributed by atoms with E-state index >= 15 is 0 Å². The lowest BCUT2D eigenvalue weighted by Crippen LogP contribution is -2.60. The fourth-order valence-corrected chi connectivity index (χ4v) is 7.85. The molecule has 1 atom stereocenters. The molecule has 5 rings (SSSR count). The van der Waals surface area contributed by atoms with Crippen LogP contribution in [-0.2, 0) is 14.8 Å². The molecule has 194 valence electrons. The normalized spacial score (nSPS) is 19.8. The van der Waals surface area contributed by atoms with Crippen molar-refractivity contribution in [3.8, 4) is 11.1 Å². The first-order chi connectivity index (χ1) is 17.8. The van der Waals surface area contributed by atoms with Gasteiger partial charge in [-0.25, -0.2) is 17.6 Å². The van der Waals surface area contributed by atoms with Gasteiger partial charge in [0.05, 0.1) is 18.3 Å². The summed E-state index contributed by atoms with van der Waals surface area (Å²) in [7, 11) is -4.28. The molecule has 2 aromatic carbocycles. The first kappa shape index (κ1) is 25.6. The van der Waals surface area contributed by atoms with E-state index in [1.165, 1.54) is 23.1 Å². The molecule has 2 heterocycles. The van der Waals surface area contributed by atoms with Crippen LogP contribution < -0.4 is 4.90 Å². The third-order valence-corrected chi connectivity index (χ3v) is 10.0. The summed E-state index contributed by atoms with van der Waals surface area (Å²) in [6.45, 7) is -0.529. The molecule has 1 saturated carbocycles. The lowest BCUT2D eigenvalue weighted by molar-refractivity contribution is -0.121. The smallest absolute Gasteiger partial charge is 0.348 e. The highest BCUT2D eigenvalue weighted by Crippen LogP contribution is 2.44. The number of anilines is 1. The van der Waals surface area contributed by atoms with E-state index in [4.69, 9.17) is 0 Å². The number of rotatable bonds is 6. The van der Waals surface area contributed by atoms with Crippen LogP contribution in [0.5, 0.6) is 0 Å². The number of carbonyl (C=O) groups excluding carboxylic acids is 1. The summed E-state index contributed by atoms with van der Waals surface area (Å²) in [4.78, 5) is 27.2. The summed E-state index contributed by atoms with van der Waals surface area (Å²) < 4.78 is 42.5. The fourth-order valence-electron chi connectivity index (χ4n) is 5.48. The average molecular weight is 543 g/mol. The number of sulfonamides is 1. The van der Waals surface area contributed by atoms with Gasteiger partial charge in [0, 0.05) is 17.5 Å². The maximum Gasteiger partial charge on any atom is 0.348 e. The summed E-state index contributed by atoms with van der Waals surface area (Å²) in [5.41, 5.74) is 1.72. The largest absolute Gasteiger partial charge is 0.477 e. The lowest BCUT2D eigenvalue weighted by Gasteiger charge is -2.45. The van der Waals surface area contributed by atoms with E-state index < -0.39 is 45.2 Å². The Labute approximate surface area is 219 Å². The summed E-state index contributed by atoms with van der Waals surface area (Å²) in [5, 5.41) is 11.8. The number of amides is 1. The van der Waals surface area contributed by atoms with Gasteiger partial charge in [0.15, 0.2) is 0 Å². The number of hydrogen-bond donors (Lipinski definition) is 1. The molecule has 37 heavy (non-hydrogen) atoms. The zero-order chi connectivity index (χ0) is 26.2. The Hall–Kier alpha value is -3.08. The van der Waals surface area contributed by atoms with Gasteiger partial charge in [-0.15, -0.1) is 11.3 Å². The van der Waals surface area contributed by atoms with Crippen LogP contribution in [0.3, 0.4) is 0 Å². The Morgan fingerprint density at radius 3 is 2.35 bits per heavy atom. The summed E-state index contributed by atoms with van der Waals surface area (Å²) in [5.74, 6) is -2.54. The van der Waals surface area contributed by atoms with Gasteiger partial charge in [0.2, 0.25) is 15.9 Å². The average Bonchev–Trinajstić information content (AvgIpc) is 3.34. The predicted molar refractivity (Wildman–Crippen MR) is 140 cm³/mol. The van der Waals surface area contributed by atoms with E-state index in [0.717, 1.165) is 59.4 Å². The molecular weight excluding hydrogens is 515 g/mol. The number of halogens is 1. The minimum Gasteiger partial charge on any atom is -0.477 e. The fraction of sp³-hybridized carbons (Fsp3) is 0.333. The molecule has 10 heteroatoms. The molecule has 1 unspecified atom stereocenters. The number of carboxylic acid groups (broad SMARTS) is 1. The SMILES string of the molecule is O=C(O)c1scc(-c2ccccc2)c1N1C(=O)CN(S(=O)(=O)c2ccccc2F)CC1C1CCCCC1. The van der Waals surface area contributed by atoms with Crippen molar-refractivity contribution >= 4 is 38.9 Å². The molecule has 1 saturated heterocycles. The van der Waals surface area contributed by atoms with Gasteiger partial charge in [0.1, 0.15) is 15.6 Å². The van der Waals surface area contributed by atoms with E-state index in [1.54, 1.807) is 5.38 Å². The lowest BCUT2D eigenvalue weighted by atomic mass is 9.82. The number of aromatic carboxylic acids is 1. The van der Waals surface area contributed by atoms with Crippen molar-refractivity contribution < 1.29 is 27.5 Å². The molecule has 1 amide bonds. The second-order valence-corrected chi connectivity index (χ2v) is 12.2. The molecule has 1 aromatic heterocycles. The molecule has 7 nitrogen and oxygen atoms in total. The first-order valence-electron chi connectivity index (χ1n) is 12.3. The van der Waals surface area contributed by atoms with Crippen LogP contribution >= 0.6 is 11.3 Å². The van der Waals surface area contributed by atoms with Crippen molar-refractivity contribution in [2.45, 2.75) is 43.0 Å². The van der Waals surface area contributed by atoms with Crippen LogP contribution in [0.1, 0.15) is 41.8 Å². The van der Waals surface area contributed by atoms with Gasteiger partial charge < -0.3 is 10.0 Å². The third-order valence-electron chi connectivity index (χ3n) is 7.24. The van der Waals surface area contributed by atoms with E-state index in [2.05, 4.69) is 0 Å². The number of nitrogens with zero attached hydrogens (tertiary/aromatic N) is 2. The topological polar surface area (TPSA) is 95.0 Å². The third kappa shape index (κ3) is 4.81. The molecule has 0 bridgehead atoms. The first-order valence-corrected chi connectivity index (χ1v) is 14.6. The van der Waals surface area contributed by atoms with Crippen LogP contribution in [0.15, 0.2) is 64.9 Å². The number of carbonyl (C=O) groups is 2. The van der Waals surface area contributed by atoms with Crippen molar-refractivity contribution in [3.63, 3.8) is 0 Å². The van der Waals surface area contributed by atoms with Crippen molar-refractivity contribution in [2.24, 2.45) is 5.92 Å². The van der Waals surface area contributed by atoms with Gasteiger partial charge in [0.25, 0.3) is 0 Å². The molecule has 3 aromatic rings. The van der Waals surface area contributed by atoms with Crippen LogP contribution in [0.4, 0.5) is 10.1 Å². The quantitative estimate of drug-likeness (QED) is 0.460. The van der Waals surface area contributed by atoms with E-state index in [9.17, 15) is 27.5 Å². The van der Waals surface area contributed by atoms with Crippen LogP contribution in [0.25, 0.3) is 11.1 Å². The molecule has 2 fully saturated rings. The zero-order valence-electron chi connectivity index (χ0n) is 20.0. The minimum atomic E-state index is -4.28. The zero-order valence-corrected chi connectivity index (χ0v) is 21.7. The maximum atomic E-state index is 14.5. The number of hydrogen-bond acceptors (Lipinski definition) is 5. The van der Waals surface area contributed by atoms with Gasteiger partial charge in [-0.1, -0.05) is 61.7 Å². The second kappa shape index (κ2) is 10.4. The van der Waals surface area contributed by atoms with E-state index in [-0.39, 0.29) is 17.3 Å². The Morgan fingerprint density at radius 2 is 1.68 bits per heavy atom. The predicted octanol–water partition coefficient (Wildman–Crippen LogP) is 5.24. The number of carboxylic acids is 1. The molecule has 0 radical (unpaired) electrons. The van der Waals surface area contributed by atoms with Crippen molar-refractivity contribution in [1.29, 1.82) is 0 Å². The Bertz CT molecular complexity index is 1420. The maximum absolute atomic E-state index is 14.5. The highest BCUT2D eigenvalue weighted by molar-refractivity contribution is 7.89. The van der Waals surface area contributed by atoms with Gasteiger partial charge >= 0.3 is 5.97 Å². The van der Waals surface area contributed by atoms with Crippen LogP contribution in [0.2, 0.25) is 0 Å². The van der Waals surface area contributed by atoms with Crippen LogP contribution in [0, 0.1) is 11.7 Å². The Kier molecular flexibility index (Phi) is 7.15. The van der Waals surface area contributed by atoms with Gasteiger partial charge in [-0.05, 0) is 36.5 Å². The van der Waals surface area contributed by atoms with Crippen molar-refractivity contribution in [2.75, 3.05) is 18.0 Å². The second-order valence-electron chi connectivity index (χ2n) is 9.46. The highest BCUT2D eigenvalue weighted by Gasteiger charge is 2.45. The monoisotopic (exact) mass is 542 g/mol. The molecule has 2 aliphatic rings. The molecule has 0 spiro atoms. The van der Waals surface area contributed by atoms with Crippen molar-refractivity contribution in [3.05, 3.63) is 70.7 Å². The summed E-state index contributed by atoms with van der Waals surface area (Å²) in [6.07, 6.45) is 4.56. The molecular formula is C27H27FN2O5S2. The van der Waals surface area contributed by atoms with Gasteiger partial charge in [-0.2, -0.15) is 4.31 Å². The van der Waals surface area contributed by atoms with E-state index in [0.29, 0.717) is 11.3 Å². The van der Waals surface area contributed by atoms with Crippen LogP contribution in [-0.4, -0.2) is 48.8 Å². The Balaban J connectivity index is 1.61. The summed E-state index contributed by atoms with van der Waals surface area (Å²) >= 11 is 1.05. The number of benzene rings is 2. The number of thiophene rings is 1. The molecule has 1 N–H and O–H groups in total. The van der Waals surface area contributed by atoms with Gasteiger partial charge in [-0.3, -0.25) is 4.79 Å². The molecule has 1 aliphatic heterocycles. The Morgan fingerprint density at radius 1 is 1.00 bits per heavy atom. The summed E-state index contributed by atoms with van der Waals surface area (Å²) in [6, 6.07) is 13.8. The molecule has 1 aliphatic carbocycles. The minimum absolute atomic E-state index is 0.0125. The highest BCUT2D eigenvalue weighted by atomic mass is 32.2. The standard InChI is InChI=1S/C27H27FN2O5S2/c28-21-13-7-8-14-23(21)37(34,35)29-15-22(19-11-5-2-6-12-19)30(24(31)16-29)25-20(17-36-26(25)27(32)33)18-9-3-1-4-10-18/h1,3-4,7-10,13-14,17,19,22H,2,5-6,11-12,15-16H2,(H,32,33).